The number of hydrogen-bond donors (Lipinski definition) is 2. The average molecular weight is 354 g/mol. The summed E-state index contributed by atoms with van der Waals surface area (Å²) in [7, 11) is -3.07. The van der Waals surface area contributed by atoms with E-state index in [9.17, 15) is 13.2 Å². The first-order chi connectivity index (χ1) is 10.8. The number of hydrogen-bond acceptors (Lipinski definition) is 5. The first kappa shape index (κ1) is 16.2. The third-order valence-electron chi connectivity index (χ3n) is 4.25. The van der Waals surface area contributed by atoms with Crippen molar-refractivity contribution in [2.75, 3.05) is 6.26 Å². The Morgan fingerprint density at radius 3 is 2.91 bits per heavy atom. The molecule has 2 aromatic rings. The summed E-state index contributed by atoms with van der Waals surface area (Å²) in [5, 5.41) is 2.56. The van der Waals surface area contributed by atoms with Crippen LogP contribution in [0.15, 0.2) is 22.6 Å². The van der Waals surface area contributed by atoms with Crippen molar-refractivity contribution in [3.63, 3.8) is 0 Å². The predicted octanol–water partition coefficient (Wildman–Crippen LogP) is 2.58. The largest absolute Gasteiger partial charge is 0.429 e. The third-order valence-corrected chi connectivity index (χ3v) is 6.07. The lowest BCUT2D eigenvalue weighted by Gasteiger charge is -2.28. The fraction of sp³-hybridized carbons (Fsp3) is 0.467. The number of oxazole rings is 1. The molecule has 2 unspecified atom stereocenters. The number of aromatic nitrogens is 1. The molecule has 1 aliphatic carbocycles. The van der Waals surface area contributed by atoms with Crippen LogP contribution in [0.3, 0.4) is 0 Å². The molecule has 0 saturated heterocycles. The summed E-state index contributed by atoms with van der Waals surface area (Å²) in [5.41, 5.74) is 1.73. The number of carbonyl (C=O) groups excluding carboxylic acids is 1. The van der Waals surface area contributed by atoms with Gasteiger partial charge in [0.05, 0.1) is 10.8 Å². The van der Waals surface area contributed by atoms with Gasteiger partial charge in [-0.15, -0.1) is 0 Å². The highest BCUT2D eigenvalue weighted by Gasteiger charge is 2.29. The van der Waals surface area contributed by atoms with E-state index in [1.54, 1.807) is 18.2 Å². The van der Waals surface area contributed by atoms with Gasteiger partial charge in [0.2, 0.25) is 0 Å². The summed E-state index contributed by atoms with van der Waals surface area (Å²) in [4.78, 5) is 15.5. The van der Waals surface area contributed by atoms with Crippen molar-refractivity contribution < 1.29 is 17.6 Å². The molecular weight excluding hydrogens is 336 g/mol. The van der Waals surface area contributed by atoms with E-state index in [-0.39, 0.29) is 22.0 Å². The maximum Gasteiger partial charge on any atom is 0.266 e. The van der Waals surface area contributed by atoms with Crippen LogP contribution in [0.1, 0.15) is 36.0 Å². The van der Waals surface area contributed by atoms with Crippen LogP contribution >= 0.6 is 12.2 Å². The van der Waals surface area contributed by atoms with Crippen LogP contribution in [0, 0.1) is 4.84 Å². The zero-order valence-electron chi connectivity index (χ0n) is 12.7. The van der Waals surface area contributed by atoms with Gasteiger partial charge < -0.3 is 14.7 Å². The molecule has 1 aliphatic rings. The lowest BCUT2D eigenvalue weighted by atomic mass is 9.94. The number of nitrogens with one attached hydrogen (secondary N) is 2. The second kappa shape index (κ2) is 6.09. The van der Waals surface area contributed by atoms with Crippen molar-refractivity contribution in [1.82, 2.24) is 10.3 Å². The third kappa shape index (κ3) is 3.64. The van der Waals surface area contributed by atoms with Gasteiger partial charge in [-0.1, -0.05) is 6.42 Å². The number of aromatic amines is 1. The quantitative estimate of drug-likeness (QED) is 0.827. The molecule has 3 rings (SSSR count). The first-order valence-electron chi connectivity index (χ1n) is 7.45. The summed E-state index contributed by atoms with van der Waals surface area (Å²) in [6.07, 6.45) is 3.99. The average Bonchev–Trinajstić information content (AvgIpc) is 2.85. The summed E-state index contributed by atoms with van der Waals surface area (Å²) >= 11 is 4.92. The molecule has 8 heteroatoms. The minimum atomic E-state index is -3.07. The highest BCUT2D eigenvalue weighted by molar-refractivity contribution is 7.91. The van der Waals surface area contributed by atoms with Crippen LogP contribution in [0.4, 0.5) is 0 Å². The van der Waals surface area contributed by atoms with Gasteiger partial charge in [0.15, 0.2) is 5.58 Å². The normalized spacial score (nSPS) is 22.1. The highest BCUT2D eigenvalue weighted by Crippen LogP contribution is 2.24. The number of rotatable bonds is 3. The van der Waals surface area contributed by atoms with E-state index in [0.29, 0.717) is 24.0 Å². The fourth-order valence-corrected chi connectivity index (χ4v) is 4.40. The monoisotopic (exact) mass is 354 g/mol. The standard InChI is InChI=1S/C15H18N2O4S2/c1-23(19,20)11-4-2-3-10(8-11)16-14(18)9-5-6-12-13(7-9)21-15(22)17-12/h5-7,10-11H,2-4,8H2,1H3,(H,16,18)(H,17,22). The lowest BCUT2D eigenvalue weighted by Crippen LogP contribution is -2.41. The van der Waals surface area contributed by atoms with Crippen molar-refractivity contribution in [2.24, 2.45) is 0 Å². The molecule has 1 heterocycles. The van der Waals surface area contributed by atoms with Gasteiger partial charge >= 0.3 is 0 Å². The van der Waals surface area contributed by atoms with Crippen molar-refractivity contribution in [3.8, 4) is 0 Å². The van der Waals surface area contributed by atoms with Crippen LogP contribution < -0.4 is 5.32 Å². The van der Waals surface area contributed by atoms with E-state index in [4.69, 9.17) is 16.6 Å². The molecule has 0 aliphatic heterocycles. The number of fused-ring (bicyclic) bond motifs is 1. The second-order valence-electron chi connectivity index (χ2n) is 6.01. The van der Waals surface area contributed by atoms with Crippen molar-refractivity contribution in [2.45, 2.75) is 37.0 Å². The van der Waals surface area contributed by atoms with E-state index in [1.165, 1.54) is 6.26 Å². The molecule has 1 aromatic carbocycles. The van der Waals surface area contributed by atoms with Crippen molar-refractivity contribution in [3.05, 3.63) is 28.6 Å². The maximum absolute atomic E-state index is 12.4. The van der Waals surface area contributed by atoms with E-state index in [1.807, 2.05) is 0 Å². The van der Waals surface area contributed by atoms with Gasteiger partial charge in [0, 0.05) is 17.9 Å². The minimum Gasteiger partial charge on any atom is -0.429 e. The Hall–Kier alpha value is -1.67. The topological polar surface area (TPSA) is 92.2 Å². The molecule has 0 radical (unpaired) electrons. The van der Waals surface area contributed by atoms with Crippen molar-refractivity contribution >= 4 is 39.1 Å². The van der Waals surface area contributed by atoms with Crippen molar-refractivity contribution in [1.29, 1.82) is 0 Å². The molecule has 1 aromatic heterocycles. The van der Waals surface area contributed by atoms with Crippen LogP contribution in [0.25, 0.3) is 11.1 Å². The molecule has 2 N–H and O–H groups in total. The Bertz CT molecular complexity index is 898. The summed E-state index contributed by atoms with van der Waals surface area (Å²) < 4.78 is 28.7. The van der Waals surface area contributed by atoms with Gasteiger partial charge in [0.1, 0.15) is 9.84 Å². The molecule has 124 valence electrons. The molecule has 1 saturated carbocycles. The summed E-state index contributed by atoms with van der Waals surface area (Å²) in [6, 6.07) is 4.94. The van der Waals surface area contributed by atoms with Gasteiger partial charge in [-0.2, -0.15) is 0 Å². The molecule has 1 fully saturated rings. The number of sulfone groups is 1. The molecule has 0 spiro atoms. The number of H-pyrrole nitrogens is 1. The maximum atomic E-state index is 12.4. The van der Waals surface area contributed by atoms with E-state index in [2.05, 4.69) is 10.3 Å². The Morgan fingerprint density at radius 1 is 1.39 bits per heavy atom. The highest BCUT2D eigenvalue weighted by atomic mass is 32.2. The number of amides is 1. The van der Waals surface area contributed by atoms with Gasteiger partial charge in [-0.3, -0.25) is 4.79 Å². The molecule has 0 bridgehead atoms. The summed E-state index contributed by atoms with van der Waals surface area (Å²) in [6.45, 7) is 0. The van der Waals surface area contributed by atoms with E-state index >= 15 is 0 Å². The van der Waals surface area contributed by atoms with Gasteiger partial charge in [-0.05, 0) is 49.7 Å². The van der Waals surface area contributed by atoms with Crippen LogP contribution in [0.5, 0.6) is 0 Å². The predicted molar refractivity (Wildman–Crippen MR) is 89.8 cm³/mol. The van der Waals surface area contributed by atoms with Gasteiger partial charge in [0.25, 0.3) is 10.7 Å². The Balaban J connectivity index is 1.73. The van der Waals surface area contributed by atoms with E-state index in [0.717, 1.165) is 18.4 Å². The number of benzene rings is 1. The zero-order valence-corrected chi connectivity index (χ0v) is 14.3. The molecule has 23 heavy (non-hydrogen) atoms. The van der Waals surface area contributed by atoms with Crippen LogP contribution in [0.2, 0.25) is 0 Å². The Labute approximate surface area is 139 Å². The second-order valence-corrected chi connectivity index (χ2v) is 8.71. The van der Waals surface area contributed by atoms with Crippen LogP contribution in [-0.4, -0.2) is 36.9 Å². The first-order valence-corrected chi connectivity index (χ1v) is 9.82. The lowest BCUT2D eigenvalue weighted by molar-refractivity contribution is 0.0928. The summed E-state index contributed by atoms with van der Waals surface area (Å²) in [5.74, 6) is -0.228. The molecule has 6 nitrogen and oxygen atoms in total. The number of carbonyl (C=O) groups is 1. The van der Waals surface area contributed by atoms with E-state index < -0.39 is 9.84 Å². The Morgan fingerprint density at radius 2 is 2.17 bits per heavy atom. The van der Waals surface area contributed by atoms with Gasteiger partial charge in [-0.25, -0.2) is 8.42 Å². The molecular formula is C15H18N2O4S2. The molecule has 1 amide bonds. The van der Waals surface area contributed by atoms with Crippen LogP contribution in [-0.2, 0) is 9.84 Å². The SMILES string of the molecule is CS(=O)(=O)C1CCCC(NC(=O)c2ccc3[nH]c(=S)oc3c2)C1. The Kier molecular flexibility index (Phi) is 4.29. The molecule has 2 atom stereocenters. The minimum absolute atomic E-state index is 0.121. The smallest absolute Gasteiger partial charge is 0.266 e. The fourth-order valence-electron chi connectivity index (χ4n) is 3.02. The zero-order chi connectivity index (χ0) is 16.6.